The molecule has 0 spiro atoms. The molecule has 0 amide bonds. The quantitative estimate of drug-likeness (QED) is 0.614. The van der Waals surface area contributed by atoms with Crippen molar-refractivity contribution in [2.45, 2.75) is 44.0 Å². The summed E-state index contributed by atoms with van der Waals surface area (Å²) < 4.78 is 8.43. The second-order valence-electron chi connectivity index (χ2n) is 8.79. The van der Waals surface area contributed by atoms with Gasteiger partial charge in [-0.05, 0) is 66.1 Å². The lowest BCUT2D eigenvalue weighted by Crippen LogP contribution is -2.36. The molecule has 1 aromatic carbocycles. The lowest BCUT2D eigenvalue weighted by Gasteiger charge is -2.33. The molecule has 1 atom stereocenters. The first-order chi connectivity index (χ1) is 14.7. The molecule has 1 saturated heterocycles. The highest BCUT2D eigenvalue weighted by atomic mass is 32.2. The van der Waals surface area contributed by atoms with Crippen molar-refractivity contribution < 1.29 is 4.74 Å². The topological polar surface area (TPSA) is 53.2 Å². The van der Waals surface area contributed by atoms with Gasteiger partial charge in [0.05, 0.1) is 19.3 Å². The number of rotatable bonds is 4. The van der Waals surface area contributed by atoms with E-state index in [9.17, 15) is 0 Å². The summed E-state index contributed by atoms with van der Waals surface area (Å²) in [6, 6.07) is 7.35. The van der Waals surface area contributed by atoms with E-state index in [4.69, 9.17) is 4.74 Å². The highest BCUT2D eigenvalue weighted by Gasteiger charge is 2.30. The summed E-state index contributed by atoms with van der Waals surface area (Å²) in [4.78, 5) is 7.94. The van der Waals surface area contributed by atoms with Crippen LogP contribution in [0.25, 0.3) is 22.2 Å². The normalized spacial score (nSPS) is 22.4. The lowest BCUT2D eigenvalue weighted by molar-refractivity contribution is 0.0764. The Hall–Kier alpha value is -1.86. The van der Waals surface area contributed by atoms with Gasteiger partial charge >= 0.3 is 0 Å². The third-order valence-corrected chi connectivity index (χ3v) is 7.91. The number of aryl methyl sites for hydroxylation is 1. The van der Waals surface area contributed by atoms with Crippen molar-refractivity contribution in [2.75, 3.05) is 26.3 Å². The summed E-state index contributed by atoms with van der Waals surface area (Å²) in [5.41, 5.74) is 9.09. The first-order valence-electron chi connectivity index (χ1n) is 11.1. The van der Waals surface area contributed by atoms with Gasteiger partial charge in [-0.3, -0.25) is 0 Å². The number of nitrogens with zero attached hydrogens (tertiary/aromatic N) is 2. The molecule has 1 aliphatic carbocycles. The predicted molar refractivity (Wildman–Crippen MR) is 123 cm³/mol. The fourth-order valence-electron chi connectivity index (χ4n) is 4.68. The van der Waals surface area contributed by atoms with Crippen LogP contribution in [0.1, 0.15) is 41.1 Å². The van der Waals surface area contributed by atoms with E-state index in [1.807, 2.05) is 12.4 Å². The maximum Gasteiger partial charge on any atom is 0.137 e. The minimum Gasteiger partial charge on any atom is -0.378 e. The van der Waals surface area contributed by atoms with Crippen LogP contribution in [-0.4, -0.2) is 45.8 Å². The molecule has 3 aromatic rings. The van der Waals surface area contributed by atoms with Crippen molar-refractivity contribution in [3.63, 3.8) is 0 Å². The van der Waals surface area contributed by atoms with E-state index >= 15 is 0 Å². The van der Waals surface area contributed by atoms with Crippen LogP contribution in [0.3, 0.4) is 0 Å². The van der Waals surface area contributed by atoms with Crippen LogP contribution in [-0.2, 0) is 17.7 Å². The number of aromatic nitrogens is 2. The Morgan fingerprint density at radius 2 is 2.13 bits per heavy atom. The minimum atomic E-state index is 0.268. The monoisotopic (exact) mass is 420 g/mol. The van der Waals surface area contributed by atoms with Crippen molar-refractivity contribution in [2.24, 2.45) is 0 Å². The van der Waals surface area contributed by atoms with E-state index in [0.29, 0.717) is 0 Å². The van der Waals surface area contributed by atoms with Gasteiger partial charge in [0.2, 0.25) is 0 Å². The van der Waals surface area contributed by atoms with Crippen molar-refractivity contribution in [1.29, 1.82) is 0 Å². The molecule has 4 heterocycles. The third-order valence-electron chi connectivity index (χ3n) is 6.53. The zero-order chi connectivity index (χ0) is 20.1. The smallest absolute Gasteiger partial charge is 0.137 e. The van der Waals surface area contributed by atoms with Crippen LogP contribution >= 0.6 is 11.9 Å². The molecule has 2 fully saturated rings. The fourth-order valence-corrected chi connectivity index (χ4v) is 5.85. The van der Waals surface area contributed by atoms with Gasteiger partial charge in [0.25, 0.3) is 0 Å². The number of benzene rings is 1. The van der Waals surface area contributed by atoms with Crippen molar-refractivity contribution in [1.82, 2.24) is 19.6 Å². The number of ether oxygens (including phenoxy) is 1. The van der Waals surface area contributed by atoms with Crippen LogP contribution in [0.4, 0.5) is 0 Å². The molecule has 0 bridgehead atoms. The largest absolute Gasteiger partial charge is 0.378 e. The van der Waals surface area contributed by atoms with E-state index < -0.39 is 0 Å². The average Bonchev–Trinajstić information content (AvgIpc) is 3.53. The molecule has 2 N–H and O–H groups in total. The van der Waals surface area contributed by atoms with Crippen LogP contribution in [0.5, 0.6) is 0 Å². The molecule has 0 unspecified atom stereocenters. The zero-order valence-corrected chi connectivity index (χ0v) is 18.2. The molecule has 2 aliphatic heterocycles. The Labute approximate surface area is 181 Å². The van der Waals surface area contributed by atoms with E-state index in [1.165, 1.54) is 51.6 Å². The van der Waals surface area contributed by atoms with Crippen molar-refractivity contribution >= 4 is 23.0 Å². The number of hydrogen-bond donors (Lipinski definition) is 2. The maximum absolute atomic E-state index is 5.84. The lowest BCUT2D eigenvalue weighted by atomic mass is 9.88. The Morgan fingerprint density at radius 3 is 2.97 bits per heavy atom. The summed E-state index contributed by atoms with van der Waals surface area (Å²) in [6.45, 7) is 6.78. The van der Waals surface area contributed by atoms with E-state index in [-0.39, 0.29) is 6.04 Å². The maximum atomic E-state index is 5.84. The molecule has 156 valence electrons. The molecule has 6 heteroatoms. The van der Waals surface area contributed by atoms with Gasteiger partial charge in [0, 0.05) is 48.2 Å². The van der Waals surface area contributed by atoms with Gasteiger partial charge in [-0.25, -0.2) is 9.29 Å². The van der Waals surface area contributed by atoms with Crippen molar-refractivity contribution in [3.8, 4) is 11.1 Å². The average molecular weight is 421 g/mol. The number of fused-ring (bicyclic) bond motifs is 2. The highest BCUT2D eigenvalue weighted by molar-refractivity contribution is 7.97. The molecule has 0 radical (unpaired) electrons. The summed E-state index contributed by atoms with van der Waals surface area (Å²) >= 11 is 2.08. The second-order valence-corrected chi connectivity index (χ2v) is 10.2. The van der Waals surface area contributed by atoms with Crippen LogP contribution < -0.4 is 5.32 Å². The summed E-state index contributed by atoms with van der Waals surface area (Å²) in [5, 5.41) is 5.76. The number of H-pyrrole nitrogens is 1. The molecular formula is C24H28N4OS. The van der Waals surface area contributed by atoms with E-state index in [0.717, 1.165) is 50.2 Å². The summed E-state index contributed by atoms with van der Waals surface area (Å²) in [6.07, 6.45) is 7.92. The third kappa shape index (κ3) is 3.56. The standard InChI is InChI=1S/C24H28N4OS/c1-15-11-26-24-20(15)10-18(12-27-24)17-8-16-4-6-28(30-19-2-3-19)13-22(16)21(9-17)23-14-29-7-5-25-23/h8-12,19,23,25H,2-7,13-14H2,1H3,(H,26,27)/t23-/m0/s1. The van der Waals surface area contributed by atoms with Gasteiger partial charge in [0.15, 0.2) is 0 Å². The number of hydrogen-bond acceptors (Lipinski definition) is 5. The SMILES string of the molecule is Cc1c[nH]c2ncc(-c3cc4c(c([C@@H]5COCCN5)c3)CN(SC3CC3)CC4)cc12. The minimum absolute atomic E-state index is 0.268. The Kier molecular flexibility index (Phi) is 4.83. The van der Waals surface area contributed by atoms with Gasteiger partial charge < -0.3 is 15.0 Å². The van der Waals surface area contributed by atoms with E-state index in [1.54, 1.807) is 0 Å². The van der Waals surface area contributed by atoms with Crippen LogP contribution in [0, 0.1) is 6.92 Å². The van der Waals surface area contributed by atoms with Crippen molar-refractivity contribution in [3.05, 3.63) is 52.8 Å². The molecule has 1 saturated carbocycles. The first kappa shape index (κ1) is 18.9. The molecule has 3 aliphatic rings. The molecular weight excluding hydrogens is 392 g/mol. The van der Waals surface area contributed by atoms with Crippen LogP contribution in [0.2, 0.25) is 0 Å². The Bertz CT molecular complexity index is 1080. The second kappa shape index (κ2) is 7.68. The van der Waals surface area contributed by atoms with Crippen LogP contribution in [0.15, 0.2) is 30.6 Å². The molecule has 5 nitrogen and oxygen atoms in total. The molecule has 6 rings (SSSR count). The highest BCUT2D eigenvalue weighted by Crippen LogP contribution is 2.41. The number of morpholine rings is 1. The first-order valence-corrected chi connectivity index (χ1v) is 11.9. The molecule has 30 heavy (non-hydrogen) atoms. The number of aromatic amines is 1. The van der Waals surface area contributed by atoms with E-state index in [2.05, 4.69) is 56.7 Å². The predicted octanol–water partition coefficient (Wildman–Crippen LogP) is 4.37. The van der Waals surface area contributed by atoms with Gasteiger partial charge in [0.1, 0.15) is 5.65 Å². The summed E-state index contributed by atoms with van der Waals surface area (Å²) in [7, 11) is 0. The summed E-state index contributed by atoms with van der Waals surface area (Å²) in [5.74, 6) is 0. The fraction of sp³-hybridized carbons (Fsp3) is 0.458. The zero-order valence-electron chi connectivity index (χ0n) is 17.4. The molecule has 2 aromatic heterocycles. The Morgan fingerprint density at radius 1 is 1.20 bits per heavy atom. The van der Waals surface area contributed by atoms with Gasteiger partial charge in [-0.2, -0.15) is 0 Å². The van der Waals surface area contributed by atoms with Gasteiger partial charge in [-0.1, -0.05) is 18.0 Å². The number of pyridine rings is 1. The Balaban J connectivity index is 1.42. The number of nitrogens with one attached hydrogen (secondary N) is 2. The van der Waals surface area contributed by atoms with Gasteiger partial charge in [-0.15, -0.1) is 0 Å².